The quantitative estimate of drug-likeness (QED) is 0.520. The number of aryl methyl sites for hydroxylation is 2. The van der Waals surface area contributed by atoms with Gasteiger partial charge in [0.05, 0.1) is 5.52 Å². The van der Waals surface area contributed by atoms with Crippen molar-refractivity contribution >= 4 is 23.4 Å². The van der Waals surface area contributed by atoms with Crippen molar-refractivity contribution in [3.05, 3.63) is 70.6 Å². The number of pyridine rings is 1. The third kappa shape index (κ3) is 4.10. The summed E-state index contributed by atoms with van der Waals surface area (Å²) in [6.07, 6.45) is 4.08. The molecule has 0 saturated carbocycles. The second-order valence-corrected chi connectivity index (χ2v) is 6.89. The smallest absolute Gasteiger partial charge is 0.147 e. The minimum Gasteiger partial charge on any atom is -0.487 e. The van der Waals surface area contributed by atoms with E-state index in [1.807, 2.05) is 12.3 Å². The number of allylic oxidation sites excluding steroid dienone is 2. The summed E-state index contributed by atoms with van der Waals surface area (Å²) in [7, 11) is 0. The number of halogens is 1. The van der Waals surface area contributed by atoms with Crippen molar-refractivity contribution in [3.8, 4) is 5.75 Å². The van der Waals surface area contributed by atoms with Crippen molar-refractivity contribution < 1.29 is 4.74 Å². The van der Waals surface area contributed by atoms with Gasteiger partial charge in [0.15, 0.2) is 0 Å². The molecule has 0 radical (unpaired) electrons. The number of hydrogen-bond donors (Lipinski definition) is 0. The molecule has 0 aliphatic rings. The van der Waals surface area contributed by atoms with Gasteiger partial charge in [0, 0.05) is 24.5 Å². The Morgan fingerprint density at radius 2 is 1.92 bits per heavy atom. The van der Waals surface area contributed by atoms with Crippen LogP contribution in [0.2, 0.25) is 0 Å². The Balaban J connectivity index is 0.00000243. The molecule has 138 valence electrons. The molecule has 3 rings (SSSR count). The molecule has 0 atom stereocenters. The summed E-state index contributed by atoms with van der Waals surface area (Å²) in [6, 6.07) is 10.4. The molecule has 3 nitrogen and oxygen atoms in total. The Labute approximate surface area is 162 Å². The fourth-order valence-corrected chi connectivity index (χ4v) is 3.09. The van der Waals surface area contributed by atoms with Crippen LogP contribution in [-0.4, -0.2) is 9.55 Å². The molecule has 3 aromatic rings. The summed E-state index contributed by atoms with van der Waals surface area (Å²) < 4.78 is 8.50. The first kappa shape index (κ1) is 20.1. The van der Waals surface area contributed by atoms with Crippen LogP contribution < -0.4 is 4.74 Å². The van der Waals surface area contributed by atoms with Crippen LogP contribution in [0.5, 0.6) is 5.75 Å². The fourth-order valence-electron chi connectivity index (χ4n) is 3.09. The van der Waals surface area contributed by atoms with Gasteiger partial charge in [-0.3, -0.25) is 4.98 Å². The van der Waals surface area contributed by atoms with Gasteiger partial charge in [0.2, 0.25) is 0 Å². The van der Waals surface area contributed by atoms with E-state index in [4.69, 9.17) is 4.74 Å². The molecule has 0 amide bonds. The molecule has 2 aromatic heterocycles. The predicted octanol–water partition coefficient (Wildman–Crippen LogP) is 5.93. The van der Waals surface area contributed by atoms with E-state index in [1.54, 1.807) is 0 Å². The Morgan fingerprint density at radius 3 is 2.62 bits per heavy atom. The highest BCUT2D eigenvalue weighted by Crippen LogP contribution is 2.31. The van der Waals surface area contributed by atoms with E-state index in [-0.39, 0.29) is 12.4 Å². The van der Waals surface area contributed by atoms with Gasteiger partial charge >= 0.3 is 0 Å². The number of benzene rings is 1. The lowest BCUT2D eigenvalue weighted by Crippen LogP contribution is -2.02. The van der Waals surface area contributed by atoms with E-state index >= 15 is 0 Å². The van der Waals surface area contributed by atoms with Gasteiger partial charge in [0.1, 0.15) is 17.9 Å². The second kappa shape index (κ2) is 8.41. The number of fused-ring (bicyclic) bond motifs is 1. The molecule has 0 bridgehead atoms. The molecular weight excluding hydrogens is 344 g/mol. The minimum absolute atomic E-state index is 0. The topological polar surface area (TPSA) is 27.1 Å². The van der Waals surface area contributed by atoms with E-state index < -0.39 is 0 Å². The molecule has 26 heavy (non-hydrogen) atoms. The van der Waals surface area contributed by atoms with Crippen molar-refractivity contribution in [1.82, 2.24) is 9.55 Å². The van der Waals surface area contributed by atoms with Crippen molar-refractivity contribution in [1.29, 1.82) is 0 Å². The van der Waals surface area contributed by atoms with Crippen LogP contribution in [0.25, 0.3) is 11.0 Å². The van der Waals surface area contributed by atoms with Gasteiger partial charge in [-0.15, -0.1) is 12.4 Å². The first-order valence-electron chi connectivity index (χ1n) is 8.73. The maximum Gasteiger partial charge on any atom is 0.147 e. The summed E-state index contributed by atoms with van der Waals surface area (Å²) in [5.41, 5.74) is 8.32. The molecule has 1 aromatic carbocycles. The normalized spacial score (nSPS) is 10.5. The lowest BCUT2D eigenvalue weighted by atomic mass is 10.1. The molecule has 0 aliphatic carbocycles. The van der Waals surface area contributed by atoms with E-state index in [0.717, 1.165) is 23.3 Å². The average molecular weight is 371 g/mol. The maximum absolute atomic E-state index is 6.19. The highest BCUT2D eigenvalue weighted by atomic mass is 35.5. The van der Waals surface area contributed by atoms with Crippen LogP contribution in [0.4, 0.5) is 0 Å². The third-order valence-electron chi connectivity index (χ3n) is 4.62. The summed E-state index contributed by atoms with van der Waals surface area (Å²) >= 11 is 0. The van der Waals surface area contributed by atoms with E-state index in [0.29, 0.717) is 6.61 Å². The van der Waals surface area contributed by atoms with Gasteiger partial charge in [-0.2, -0.15) is 0 Å². The van der Waals surface area contributed by atoms with Crippen molar-refractivity contribution in [2.75, 3.05) is 0 Å². The van der Waals surface area contributed by atoms with Crippen LogP contribution in [0.3, 0.4) is 0 Å². The van der Waals surface area contributed by atoms with Crippen molar-refractivity contribution in [2.24, 2.45) is 0 Å². The zero-order valence-electron chi connectivity index (χ0n) is 16.2. The molecule has 4 heteroatoms. The molecular formula is C22H27ClN2O. The Bertz CT molecular complexity index is 937. The lowest BCUT2D eigenvalue weighted by molar-refractivity contribution is 0.308. The third-order valence-corrected chi connectivity index (χ3v) is 4.62. The van der Waals surface area contributed by atoms with E-state index in [1.165, 1.54) is 28.0 Å². The Hall–Kier alpha value is -2.26. The number of aromatic nitrogens is 2. The van der Waals surface area contributed by atoms with Gasteiger partial charge in [-0.25, -0.2) is 0 Å². The summed E-state index contributed by atoms with van der Waals surface area (Å²) in [6.45, 7) is 12.0. The van der Waals surface area contributed by atoms with Crippen LogP contribution in [0, 0.1) is 20.8 Å². The van der Waals surface area contributed by atoms with E-state index in [9.17, 15) is 0 Å². The standard InChI is InChI=1S/C22H26N2O.ClH/c1-15(2)10-12-24-18(5)17(4)21-22(24)20(9-11-23-21)25-14-19-8-6-7-16(3)13-19;/h6-11,13H,12,14H2,1-5H3;1H. The maximum atomic E-state index is 6.19. The van der Waals surface area contributed by atoms with Crippen LogP contribution in [-0.2, 0) is 13.2 Å². The molecule has 0 saturated heterocycles. The molecule has 0 N–H and O–H groups in total. The lowest BCUT2D eigenvalue weighted by Gasteiger charge is -2.12. The summed E-state index contributed by atoms with van der Waals surface area (Å²) in [4.78, 5) is 4.60. The van der Waals surface area contributed by atoms with Crippen molar-refractivity contribution in [2.45, 2.75) is 47.8 Å². The van der Waals surface area contributed by atoms with Crippen LogP contribution in [0.1, 0.15) is 36.2 Å². The molecule has 0 unspecified atom stereocenters. The number of hydrogen-bond acceptors (Lipinski definition) is 2. The highest BCUT2D eigenvalue weighted by molar-refractivity contribution is 5.86. The van der Waals surface area contributed by atoms with E-state index in [2.05, 4.69) is 74.5 Å². The summed E-state index contributed by atoms with van der Waals surface area (Å²) in [5, 5.41) is 0. The zero-order valence-corrected chi connectivity index (χ0v) is 17.0. The van der Waals surface area contributed by atoms with Gasteiger partial charge in [0.25, 0.3) is 0 Å². The predicted molar refractivity (Wildman–Crippen MR) is 111 cm³/mol. The molecule has 2 heterocycles. The monoisotopic (exact) mass is 370 g/mol. The molecule has 0 aliphatic heterocycles. The zero-order chi connectivity index (χ0) is 18.0. The Morgan fingerprint density at radius 1 is 1.15 bits per heavy atom. The van der Waals surface area contributed by atoms with Crippen LogP contribution >= 0.6 is 12.4 Å². The van der Waals surface area contributed by atoms with Crippen LogP contribution in [0.15, 0.2) is 48.2 Å². The van der Waals surface area contributed by atoms with Gasteiger partial charge in [-0.05, 0) is 45.7 Å². The first-order chi connectivity index (χ1) is 12.0. The van der Waals surface area contributed by atoms with Gasteiger partial charge in [-0.1, -0.05) is 41.5 Å². The highest BCUT2D eigenvalue weighted by Gasteiger charge is 2.15. The minimum atomic E-state index is 0. The van der Waals surface area contributed by atoms with Gasteiger partial charge < -0.3 is 9.30 Å². The SMILES string of the molecule is CC(C)=CCn1c(C)c(C)c2nccc(OCc3cccc(C)c3)c21.Cl. The molecule has 0 spiro atoms. The number of rotatable bonds is 5. The van der Waals surface area contributed by atoms with Crippen molar-refractivity contribution in [3.63, 3.8) is 0 Å². The number of nitrogens with zero attached hydrogens (tertiary/aromatic N) is 2. The largest absolute Gasteiger partial charge is 0.487 e. The Kier molecular flexibility index (Phi) is 6.49. The fraction of sp³-hybridized carbons (Fsp3) is 0.318. The molecule has 0 fully saturated rings. The average Bonchev–Trinajstić information content (AvgIpc) is 2.83. The number of ether oxygens (including phenoxy) is 1. The first-order valence-corrected chi connectivity index (χ1v) is 8.73. The summed E-state index contributed by atoms with van der Waals surface area (Å²) in [5.74, 6) is 0.893. The second-order valence-electron chi connectivity index (χ2n) is 6.89.